The van der Waals surface area contributed by atoms with Gasteiger partial charge in [-0.2, -0.15) is 0 Å². The molecule has 1 saturated heterocycles. The second-order valence-electron chi connectivity index (χ2n) is 6.95. The van der Waals surface area contributed by atoms with Gasteiger partial charge in [-0.1, -0.05) is 12.1 Å². The van der Waals surface area contributed by atoms with Crippen LogP contribution in [0.5, 0.6) is 11.5 Å². The van der Waals surface area contributed by atoms with E-state index in [0.29, 0.717) is 5.75 Å². The maximum atomic E-state index is 12.7. The first kappa shape index (κ1) is 20.4. The molecule has 0 aliphatic carbocycles. The van der Waals surface area contributed by atoms with Crippen molar-refractivity contribution in [3.05, 3.63) is 48.0 Å². The van der Waals surface area contributed by atoms with Crippen LogP contribution in [0.2, 0.25) is 0 Å². The maximum Gasteiger partial charge on any atom is 0.244 e. The zero-order chi connectivity index (χ0) is 20.1. The number of methoxy groups -OCH3 is 2. The van der Waals surface area contributed by atoms with Crippen LogP contribution in [-0.4, -0.2) is 55.9 Å². The summed E-state index contributed by atoms with van der Waals surface area (Å²) in [5.41, 5.74) is 2.07. The fraction of sp³-hybridized carbons (Fsp3) is 0.400. The number of sulfonamides is 1. The van der Waals surface area contributed by atoms with Crippen molar-refractivity contribution in [2.45, 2.75) is 11.4 Å². The lowest BCUT2D eigenvalue weighted by Gasteiger charge is -2.31. The molecule has 1 aliphatic rings. The van der Waals surface area contributed by atoms with Crippen molar-refractivity contribution in [2.75, 3.05) is 52.3 Å². The van der Waals surface area contributed by atoms with Crippen molar-refractivity contribution in [1.82, 2.24) is 4.72 Å². The summed E-state index contributed by atoms with van der Waals surface area (Å²) in [5.74, 6) is 0.736. The molecule has 0 unspecified atom stereocenters. The second kappa shape index (κ2) is 8.81. The monoisotopic (exact) mass is 406 g/mol. The number of likely N-dealkylation sites (N-methyl/N-ethyl adjacent to an activating group) is 1. The second-order valence-corrected chi connectivity index (χ2v) is 8.69. The first-order chi connectivity index (χ1) is 13.4. The van der Waals surface area contributed by atoms with E-state index in [-0.39, 0.29) is 17.2 Å². The topological polar surface area (TPSA) is 72.3 Å². The molecule has 0 aromatic heterocycles. The summed E-state index contributed by atoms with van der Waals surface area (Å²) in [5, 5.41) is 0. The van der Waals surface area contributed by atoms with Crippen LogP contribution in [0.15, 0.2) is 47.4 Å². The lowest BCUT2D eigenvalue weighted by atomic mass is 10.2. The minimum Gasteiger partial charge on any atom is -0.497 e. The van der Waals surface area contributed by atoms with Crippen LogP contribution < -0.4 is 24.0 Å². The van der Waals surface area contributed by atoms with Crippen LogP contribution in [0.3, 0.4) is 0 Å². The predicted molar refractivity (Wildman–Crippen MR) is 109 cm³/mol. The van der Waals surface area contributed by atoms with Crippen molar-refractivity contribution < 1.29 is 22.8 Å². The predicted octanol–water partition coefficient (Wildman–Crippen LogP) is 0.517. The standard InChI is InChI=1S/C20H27N3O4S/c1-22-10-12-23(13-11-22)17-6-4-16(5-7-17)15-21-28(24,25)20-14-18(26-2)8-9-19(20)27-3/h4-9,14,21H,10-13,15H2,1-3H3/p+1. The maximum absolute atomic E-state index is 12.7. The van der Waals surface area contributed by atoms with Gasteiger partial charge in [0.05, 0.1) is 47.4 Å². The third-order valence-electron chi connectivity index (χ3n) is 5.05. The highest BCUT2D eigenvalue weighted by Gasteiger charge is 2.21. The Balaban J connectivity index is 1.68. The van der Waals surface area contributed by atoms with Crippen LogP contribution >= 0.6 is 0 Å². The largest absolute Gasteiger partial charge is 0.497 e. The van der Waals surface area contributed by atoms with Gasteiger partial charge in [0.25, 0.3) is 0 Å². The highest BCUT2D eigenvalue weighted by Crippen LogP contribution is 2.28. The van der Waals surface area contributed by atoms with E-state index in [9.17, 15) is 8.42 Å². The van der Waals surface area contributed by atoms with Crippen molar-refractivity contribution in [1.29, 1.82) is 0 Å². The highest BCUT2D eigenvalue weighted by molar-refractivity contribution is 7.89. The molecule has 0 bridgehead atoms. The van der Waals surface area contributed by atoms with Crippen molar-refractivity contribution >= 4 is 15.7 Å². The summed E-state index contributed by atoms with van der Waals surface area (Å²) in [6.07, 6.45) is 0. The number of piperazine rings is 1. The van der Waals surface area contributed by atoms with Gasteiger partial charge in [0, 0.05) is 18.3 Å². The highest BCUT2D eigenvalue weighted by atomic mass is 32.2. The molecule has 1 fully saturated rings. The number of benzene rings is 2. The Kier molecular flexibility index (Phi) is 6.43. The number of ether oxygens (including phenoxy) is 2. The van der Waals surface area contributed by atoms with Gasteiger partial charge in [-0.3, -0.25) is 0 Å². The Morgan fingerprint density at radius 3 is 2.32 bits per heavy atom. The minimum absolute atomic E-state index is 0.0610. The number of nitrogens with one attached hydrogen (secondary N) is 2. The normalized spacial score (nSPS) is 15.5. The Hall–Kier alpha value is -2.29. The van der Waals surface area contributed by atoms with Gasteiger partial charge in [-0.15, -0.1) is 0 Å². The molecule has 2 N–H and O–H groups in total. The van der Waals surface area contributed by atoms with Gasteiger partial charge < -0.3 is 19.3 Å². The number of nitrogens with zero attached hydrogens (tertiary/aromatic N) is 1. The van der Waals surface area contributed by atoms with Gasteiger partial charge in [-0.25, -0.2) is 13.1 Å². The van der Waals surface area contributed by atoms with Crippen LogP contribution in [0.1, 0.15) is 5.56 Å². The Bertz CT molecular complexity index is 892. The SMILES string of the molecule is COc1ccc(OC)c(S(=O)(=O)NCc2ccc(N3CC[NH+](C)CC3)cc2)c1. The van der Waals surface area contributed by atoms with Crippen LogP contribution in [-0.2, 0) is 16.6 Å². The summed E-state index contributed by atoms with van der Waals surface area (Å²) in [4.78, 5) is 3.98. The van der Waals surface area contributed by atoms with E-state index in [2.05, 4.69) is 28.8 Å². The fourth-order valence-electron chi connectivity index (χ4n) is 3.22. The quantitative estimate of drug-likeness (QED) is 0.701. The number of hydrogen-bond acceptors (Lipinski definition) is 5. The van der Waals surface area contributed by atoms with Crippen molar-refractivity contribution in [3.8, 4) is 11.5 Å². The van der Waals surface area contributed by atoms with Gasteiger partial charge >= 0.3 is 0 Å². The van der Waals surface area contributed by atoms with Crippen molar-refractivity contribution in [3.63, 3.8) is 0 Å². The van der Waals surface area contributed by atoms with Crippen LogP contribution in [0, 0.1) is 0 Å². The summed E-state index contributed by atoms with van der Waals surface area (Å²) >= 11 is 0. The summed E-state index contributed by atoms with van der Waals surface area (Å²) < 4.78 is 38.5. The van der Waals surface area contributed by atoms with E-state index in [4.69, 9.17) is 9.47 Å². The Morgan fingerprint density at radius 1 is 1.04 bits per heavy atom. The average Bonchev–Trinajstić information content (AvgIpc) is 2.73. The van der Waals surface area contributed by atoms with E-state index < -0.39 is 10.0 Å². The molecule has 0 radical (unpaired) electrons. The molecular weight excluding hydrogens is 378 g/mol. The molecule has 1 aliphatic heterocycles. The van der Waals surface area contributed by atoms with E-state index in [1.54, 1.807) is 17.0 Å². The first-order valence-electron chi connectivity index (χ1n) is 9.30. The molecule has 3 rings (SSSR count). The average molecular weight is 407 g/mol. The lowest BCUT2D eigenvalue weighted by molar-refractivity contribution is -0.880. The van der Waals surface area contributed by atoms with Gasteiger partial charge in [-0.05, 0) is 29.8 Å². The third-order valence-corrected chi connectivity index (χ3v) is 6.47. The molecular formula is C20H28N3O4S+. The van der Waals surface area contributed by atoms with E-state index in [1.807, 2.05) is 12.1 Å². The molecule has 0 spiro atoms. The molecule has 1 heterocycles. The summed E-state index contributed by atoms with van der Waals surface area (Å²) in [6, 6.07) is 12.7. The van der Waals surface area contributed by atoms with E-state index in [1.165, 1.54) is 26.0 Å². The summed E-state index contributed by atoms with van der Waals surface area (Å²) in [6.45, 7) is 4.53. The van der Waals surface area contributed by atoms with Gasteiger partial charge in [0.1, 0.15) is 16.4 Å². The van der Waals surface area contributed by atoms with Gasteiger partial charge in [0.2, 0.25) is 10.0 Å². The molecule has 8 heteroatoms. The molecule has 28 heavy (non-hydrogen) atoms. The lowest BCUT2D eigenvalue weighted by Crippen LogP contribution is -3.12. The number of hydrogen-bond donors (Lipinski definition) is 2. The molecule has 7 nitrogen and oxygen atoms in total. The zero-order valence-electron chi connectivity index (χ0n) is 16.6. The van der Waals surface area contributed by atoms with Crippen LogP contribution in [0.4, 0.5) is 5.69 Å². The smallest absolute Gasteiger partial charge is 0.244 e. The Morgan fingerprint density at radius 2 is 1.71 bits per heavy atom. The fourth-order valence-corrected chi connectivity index (χ4v) is 4.42. The Labute approximate surface area is 166 Å². The number of quaternary nitrogens is 1. The number of anilines is 1. The molecule has 2 aromatic rings. The van der Waals surface area contributed by atoms with E-state index >= 15 is 0 Å². The van der Waals surface area contributed by atoms with E-state index in [0.717, 1.165) is 31.7 Å². The molecule has 0 atom stereocenters. The van der Waals surface area contributed by atoms with Crippen LogP contribution in [0.25, 0.3) is 0 Å². The number of rotatable bonds is 7. The molecule has 0 amide bonds. The molecule has 152 valence electrons. The third kappa shape index (κ3) is 4.76. The first-order valence-corrected chi connectivity index (χ1v) is 10.8. The minimum atomic E-state index is -3.74. The zero-order valence-corrected chi connectivity index (χ0v) is 17.4. The van der Waals surface area contributed by atoms with Gasteiger partial charge in [0.15, 0.2) is 0 Å². The summed E-state index contributed by atoms with van der Waals surface area (Å²) in [7, 11) is 1.41. The van der Waals surface area contributed by atoms with Crippen molar-refractivity contribution in [2.24, 2.45) is 0 Å². The molecule has 0 saturated carbocycles. The molecule has 2 aromatic carbocycles.